The normalized spacial score (nSPS) is 11.8. The standard InChI is InChI=1S/C21H23N3O4/c1-14-6-8-16(9-7-14)28-11-10-22-21(27)24-19(20(25)26)12-15-13-23-18-5-3-2-4-17(15)18/h2-9,13,19,23H,10-12H2,1H3,(H,25,26)(H2,22,24,27). The van der Waals surface area contributed by atoms with Gasteiger partial charge in [0.05, 0.1) is 6.54 Å². The smallest absolute Gasteiger partial charge is 0.326 e. The molecule has 7 nitrogen and oxygen atoms in total. The summed E-state index contributed by atoms with van der Waals surface area (Å²) in [5.41, 5.74) is 2.91. The fourth-order valence-corrected chi connectivity index (χ4v) is 2.90. The number of H-pyrrole nitrogens is 1. The lowest BCUT2D eigenvalue weighted by molar-refractivity contribution is -0.139. The van der Waals surface area contributed by atoms with Gasteiger partial charge in [0.25, 0.3) is 0 Å². The highest BCUT2D eigenvalue weighted by molar-refractivity contribution is 5.86. The van der Waals surface area contributed by atoms with Crippen molar-refractivity contribution in [1.29, 1.82) is 0 Å². The number of ether oxygens (including phenoxy) is 1. The quantitative estimate of drug-likeness (QED) is 0.451. The maximum absolute atomic E-state index is 12.1. The minimum atomic E-state index is -1.09. The van der Waals surface area contributed by atoms with Crippen molar-refractivity contribution in [1.82, 2.24) is 15.6 Å². The summed E-state index contributed by atoms with van der Waals surface area (Å²) in [7, 11) is 0. The summed E-state index contributed by atoms with van der Waals surface area (Å²) >= 11 is 0. The molecule has 1 heterocycles. The van der Waals surface area contributed by atoms with Crippen LogP contribution >= 0.6 is 0 Å². The second-order valence-electron chi connectivity index (χ2n) is 6.52. The number of rotatable bonds is 8. The van der Waals surface area contributed by atoms with E-state index in [1.165, 1.54) is 0 Å². The number of nitrogens with one attached hydrogen (secondary N) is 3. The highest BCUT2D eigenvalue weighted by atomic mass is 16.5. The Morgan fingerprint density at radius 2 is 1.89 bits per heavy atom. The Morgan fingerprint density at radius 3 is 2.64 bits per heavy atom. The number of aryl methyl sites for hydroxylation is 1. The lowest BCUT2D eigenvalue weighted by Gasteiger charge is -2.15. The molecule has 0 saturated heterocycles. The zero-order valence-corrected chi connectivity index (χ0v) is 15.6. The SMILES string of the molecule is Cc1ccc(OCCNC(=O)NC(Cc2c[nH]c3ccccc23)C(=O)O)cc1. The van der Waals surface area contributed by atoms with Gasteiger partial charge in [0.1, 0.15) is 18.4 Å². The van der Waals surface area contributed by atoms with Crippen molar-refractivity contribution >= 4 is 22.9 Å². The fraction of sp³-hybridized carbons (Fsp3) is 0.238. The molecule has 146 valence electrons. The number of aromatic amines is 1. The van der Waals surface area contributed by atoms with E-state index >= 15 is 0 Å². The number of carbonyl (C=O) groups excluding carboxylic acids is 1. The Bertz CT molecular complexity index is 950. The Balaban J connectivity index is 1.49. The number of aliphatic carboxylic acids is 1. The van der Waals surface area contributed by atoms with Crippen molar-refractivity contribution in [2.24, 2.45) is 0 Å². The summed E-state index contributed by atoms with van der Waals surface area (Å²) in [5.74, 6) is -0.369. The molecule has 3 rings (SSSR count). The topological polar surface area (TPSA) is 103 Å². The number of amides is 2. The van der Waals surface area contributed by atoms with Crippen LogP contribution in [0.5, 0.6) is 5.75 Å². The lowest BCUT2D eigenvalue weighted by Crippen LogP contribution is -2.47. The lowest BCUT2D eigenvalue weighted by atomic mass is 10.1. The number of urea groups is 1. The third-order valence-corrected chi connectivity index (χ3v) is 4.38. The average molecular weight is 381 g/mol. The van der Waals surface area contributed by atoms with Gasteiger partial charge in [-0.25, -0.2) is 9.59 Å². The number of aromatic nitrogens is 1. The number of hydrogen-bond acceptors (Lipinski definition) is 3. The molecule has 7 heteroatoms. The molecule has 0 bridgehead atoms. The third-order valence-electron chi connectivity index (χ3n) is 4.38. The Hall–Kier alpha value is -3.48. The van der Waals surface area contributed by atoms with Gasteiger partial charge in [-0.2, -0.15) is 0 Å². The summed E-state index contributed by atoms with van der Waals surface area (Å²) in [5, 5.41) is 15.5. The summed E-state index contributed by atoms with van der Waals surface area (Å²) < 4.78 is 5.53. The van der Waals surface area contributed by atoms with Crippen LogP contribution in [0.3, 0.4) is 0 Å². The number of hydrogen-bond donors (Lipinski definition) is 4. The van der Waals surface area contributed by atoms with Gasteiger partial charge < -0.3 is 25.5 Å². The number of fused-ring (bicyclic) bond motifs is 1. The molecular weight excluding hydrogens is 358 g/mol. The van der Waals surface area contributed by atoms with Crippen molar-refractivity contribution in [2.75, 3.05) is 13.2 Å². The zero-order chi connectivity index (χ0) is 19.9. The molecule has 3 aromatic rings. The molecule has 0 aliphatic rings. The molecule has 0 aliphatic carbocycles. The number of benzene rings is 2. The molecule has 2 amide bonds. The van der Waals surface area contributed by atoms with Crippen LogP contribution in [0.15, 0.2) is 54.7 Å². The molecule has 0 radical (unpaired) electrons. The highest BCUT2D eigenvalue weighted by Gasteiger charge is 2.21. The number of carboxylic acids is 1. The van der Waals surface area contributed by atoms with E-state index < -0.39 is 18.0 Å². The van der Waals surface area contributed by atoms with Gasteiger partial charge in [-0.3, -0.25) is 0 Å². The Labute approximate surface area is 162 Å². The molecule has 1 aromatic heterocycles. The Kier molecular flexibility index (Phi) is 6.16. The summed E-state index contributed by atoms with van der Waals surface area (Å²) in [6, 6.07) is 13.7. The first-order valence-corrected chi connectivity index (χ1v) is 9.04. The fourth-order valence-electron chi connectivity index (χ4n) is 2.90. The van der Waals surface area contributed by atoms with Crippen LogP contribution in [0.25, 0.3) is 10.9 Å². The van der Waals surface area contributed by atoms with Gasteiger partial charge in [0, 0.05) is 23.5 Å². The maximum atomic E-state index is 12.1. The second-order valence-corrected chi connectivity index (χ2v) is 6.52. The maximum Gasteiger partial charge on any atom is 0.326 e. The Morgan fingerprint density at radius 1 is 1.14 bits per heavy atom. The molecule has 0 spiro atoms. The molecular formula is C21H23N3O4. The van der Waals surface area contributed by atoms with Crippen LogP contribution in [0.1, 0.15) is 11.1 Å². The second kappa shape index (κ2) is 8.94. The predicted molar refractivity (Wildman–Crippen MR) is 107 cm³/mol. The first kappa shape index (κ1) is 19.3. The van der Waals surface area contributed by atoms with Crippen LogP contribution in [-0.2, 0) is 11.2 Å². The van der Waals surface area contributed by atoms with Crippen molar-refractivity contribution in [3.63, 3.8) is 0 Å². The van der Waals surface area contributed by atoms with Crippen molar-refractivity contribution in [2.45, 2.75) is 19.4 Å². The summed E-state index contributed by atoms with van der Waals surface area (Å²) in [6.07, 6.45) is 1.96. The van der Waals surface area contributed by atoms with E-state index in [0.29, 0.717) is 0 Å². The van der Waals surface area contributed by atoms with Crippen LogP contribution in [0, 0.1) is 6.92 Å². The minimum Gasteiger partial charge on any atom is -0.492 e. The zero-order valence-electron chi connectivity index (χ0n) is 15.6. The first-order chi connectivity index (χ1) is 13.5. The van der Waals surface area contributed by atoms with E-state index in [4.69, 9.17) is 4.74 Å². The van der Waals surface area contributed by atoms with Gasteiger partial charge in [0.15, 0.2) is 0 Å². The number of para-hydroxylation sites is 1. The van der Waals surface area contributed by atoms with Crippen LogP contribution in [0.4, 0.5) is 4.79 Å². The van der Waals surface area contributed by atoms with E-state index in [0.717, 1.165) is 27.8 Å². The summed E-state index contributed by atoms with van der Waals surface area (Å²) in [6.45, 7) is 2.54. The van der Waals surface area contributed by atoms with Crippen molar-refractivity contribution < 1.29 is 19.4 Å². The molecule has 1 unspecified atom stereocenters. The van der Waals surface area contributed by atoms with E-state index in [-0.39, 0.29) is 19.6 Å². The molecule has 0 fully saturated rings. The van der Waals surface area contributed by atoms with Gasteiger partial charge in [0.2, 0.25) is 0 Å². The van der Waals surface area contributed by atoms with E-state index in [2.05, 4.69) is 15.6 Å². The molecule has 4 N–H and O–H groups in total. The number of carboxylic acid groups (broad SMARTS) is 1. The first-order valence-electron chi connectivity index (χ1n) is 9.04. The molecule has 28 heavy (non-hydrogen) atoms. The molecule has 0 saturated carbocycles. The van der Waals surface area contributed by atoms with Crippen LogP contribution in [0.2, 0.25) is 0 Å². The average Bonchev–Trinajstić information content (AvgIpc) is 3.09. The van der Waals surface area contributed by atoms with Gasteiger partial charge in [-0.15, -0.1) is 0 Å². The van der Waals surface area contributed by atoms with E-state index in [9.17, 15) is 14.7 Å². The highest BCUT2D eigenvalue weighted by Crippen LogP contribution is 2.19. The van der Waals surface area contributed by atoms with Crippen LogP contribution < -0.4 is 15.4 Å². The minimum absolute atomic E-state index is 0.187. The van der Waals surface area contributed by atoms with Crippen molar-refractivity contribution in [3.8, 4) is 5.75 Å². The van der Waals surface area contributed by atoms with Gasteiger partial charge in [-0.05, 0) is 30.7 Å². The predicted octanol–water partition coefficient (Wildman–Crippen LogP) is 2.85. The number of carbonyl (C=O) groups is 2. The summed E-state index contributed by atoms with van der Waals surface area (Å²) in [4.78, 5) is 26.7. The van der Waals surface area contributed by atoms with Gasteiger partial charge in [-0.1, -0.05) is 35.9 Å². The molecule has 0 aliphatic heterocycles. The van der Waals surface area contributed by atoms with Gasteiger partial charge >= 0.3 is 12.0 Å². The molecule has 2 aromatic carbocycles. The molecule has 1 atom stereocenters. The van der Waals surface area contributed by atoms with Crippen molar-refractivity contribution in [3.05, 3.63) is 65.9 Å². The van der Waals surface area contributed by atoms with E-state index in [1.807, 2.05) is 55.5 Å². The van der Waals surface area contributed by atoms with Crippen LogP contribution in [-0.4, -0.2) is 41.3 Å². The van der Waals surface area contributed by atoms with E-state index in [1.54, 1.807) is 6.20 Å². The third kappa shape index (κ3) is 5.03. The monoisotopic (exact) mass is 381 g/mol. The largest absolute Gasteiger partial charge is 0.492 e.